The summed E-state index contributed by atoms with van der Waals surface area (Å²) in [5.41, 5.74) is 7.82. The number of nitrogens with zero attached hydrogens (tertiary/aromatic N) is 4. The Balaban J connectivity index is 1.54. The van der Waals surface area contributed by atoms with Gasteiger partial charge in [0.25, 0.3) is 5.90 Å². The molecule has 12 nitrogen and oxygen atoms in total. The lowest BCUT2D eigenvalue weighted by Crippen LogP contribution is -2.50. The first kappa shape index (κ1) is 28.0. The first-order chi connectivity index (χ1) is 17.4. The summed E-state index contributed by atoms with van der Waals surface area (Å²) in [6.07, 6.45) is 1.63. The second kappa shape index (κ2) is 11.7. The number of aryl methyl sites for hydroxylation is 2. The van der Waals surface area contributed by atoms with Crippen LogP contribution in [0, 0.1) is 24.7 Å². The van der Waals surface area contributed by atoms with E-state index in [1.807, 2.05) is 12.1 Å². The summed E-state index contributed by atoms with van der Waals surface area (Å²) in [6, 6.07) is 6.97. The molecule has 0 atom stereocenters. The average Bonchev–Trinajstić information content (AvgIpc) is 2.84. The maximum Gasteiger partial charge on any atom is 0.309 e. The second-order valence-electron chi connectivity index (χ2n) is 8.82. The molecule has 0 unspecified atom stereocenters. The number of sulfonamides is 1. The molecule has 1 aliphatic rings. The molecule has 2 heterocycles. The van der Waals surface area contributed by atoms with Crippen LogP contribution in [0.1, 0.15) is 16.7 Å². The number of hydrogen-bond donors (Lipinski definition) is 3. The number of hydrogen-bond acceptors (Lipinski definition) is 10. The zero-order valence-corrected chi connectivity index (χ0v) is 22.3. The Morgan fingerprint density at radius 1 is 1.16 bits per heavy atom. The van der Waals surface area contributed by atoms with Crippen molar-refractivity contribution in [2.24, 2.45) is 0 Å². The Hall–Kier alpha value is -3.55. The van der Waals surface area contributed by atoms with Crippen molar-refractivity contribution in [1.82, 2.24) is 19.1 Å². The second-order valence-corrected chi connectivity index (χ2v) is 10.8. The standard InChI is InChI=1S/C24H33N7O5S/c1-16-12-19(35-4)13-17(2)21(16)37(33,34)29(3)15-20(25)36-23(27)24(32)31-10-8-30(9-11-31)14-18-6-5-7-28-22(18)26/h5-7,12-13,25,27H,8-11,14-15H2,1-4H3,(H2,26,28). The van der Waals surface area contributed by atoms with Gasteiger partial charge in [0.2, 0.25) is 15.9 Å². The van der Waals surface area contributed by atoms with Gasteiger partial charge in [0, 0.05) is 51.5 Å². The van der Waals surface area contributed by atoms with Gasteiger partial charge in [-0.25, -0.2) is 13.4 Å². The van der Waals surface area contributed by atoms with Crippen molar-refractivity contribution in [2.75, 3.05) is 52.6 Å². The number of aromatic nitrogens is 1. The predicted octanol–water partition coefficient (Wildman–Crippen LogP) is 1.23. The van der Waals surface area contributed by atoms with E-state index in [1.54, 1.807) is 32.2 Å². The average molecular weight is 532 g/mol. The fourth-order valence-corrected chi connectivity index (χ4v) is 5.69. The summed E-state index contributed by atoms with van der Waals surface area (Å²) in [7, 11) is -1.14. The largest absolute Gasteiger partial charge is 0.497 e. The van der Waals surface area contributed by atoms with E-state index < -0.39 is 34.3 Å². The third-order valence-corrected chi connectivity index (χ3v) is 8.21. The van der Waals surface area contributed by atoms with Crippen LogP contribution >= 0.6 is 0 Å². The highest BCUT2D eigenvalue weighted by atomic mass is 32.2. The van der Waals surface area contributed by atoms with Crippen LogP contribution in [0.3, 0.4) is 0 Å². The third-order valence-electron chi connectivity index (χ3n) is 6.10. The molecule has 13 heteroatoms. The van der Waals surface area contributed by atoms with Gasteiger partial charge < -0.3 is 20.1 Å². The zero-order valence-electron chi connectivity index (χ0n) is 21.4. The van der Waals surface area contributed by atoms with Gasteiger partial charge in [-0.05, 0) is 43.2 Å². The van der Waals surface area contributed by atoms with Crippen molar-refractivity contribution >= 4 is 33.5 Å². The van der Waals surface area contributed by atoms with Gasteiger partial charge >= 0.3 is 5.91 Å². The molecule has 37 heavy (non-hydrogen) atoms. The fourth-order valence-electron chi connectivity index (χ4n) is 4.16. The van der Waals surface area contributed by atoms with E-state index in [-0.39, 0.29) is 4.90 Å². The van der Waals surface area contributed by atoms with Crippen molar-refractivity contribution < 1.29 is 22.7 Å². The van der Waals surface area contributed by atoms with E-state index in [1.165, 1.54) is 19.1 Å². The van der Waals surface area contributed by atoms with Crippen LogP contribution < -0.4 is 10.5 Å². The first-order valence-corrected chi connectivity index (χ1v) is 13.0. The summed E-state index contributed by atoms with van der Waals surface area (Å²) in [5.74, 6) is -0.894. The number of carbonyl (C=O) groups is 1. The number of benzene rings is 1. The first-order valence-electron chi connectivity index (χ1n) is 11.6. The molecule has 1 aromatic carbocycles. The van der Waals surface area contributed by atoms with Gasteiger partial charge in [0.1, 0.15) is 11.6 Å². The van der Waals surface area contributed by atoms with Crippen LogP contribution in [0.2, 0.25) is 0 Å². The van der Waals surface area contributed by atoms with Crippen LogP contribution in [-0.4, -0.2) is 92.1 Å². The normalized spacial score (nSPS) is 14.5. The molecule has 1 aliphatic heterocycles. The maximum atomic E-state index is 13.1. The molecule has 0 radical (unpaired) electrons. The van der Waals surface area contributed by atoms with Gasteiger partial charge in [-0.1, -0.05) is 6.07 Å². The Labute approximate surface area is 217 Å². The highest BCUT2D eigenvalue weighted by molar-refractivity contribution is 7.89. The molecule has 1 fully saturated rings. The summed E-state index contributed by atoms with van der Waals surface area (Å²) in [6.45, 7) is 5.40. The van der Waals surface area contributed by atoms with Gasteiger partial charge in [-0.15, -0.1) is 0 Å². The zero-order chi connectivity index (χ0) is 27.3. The minimum absolute atomic E-state index is 0.112. The third kappa shape index (κ3) is 6.61. The molecule has 2 aromatic rings. The van der Waals surface area contributed by atoms with Crippen LogP contribution in [0.15, 0.2) is 35.4 Å². The highest BCUT2D eigenvalue weighted by Crippen LogP contribution is 2.27. The summed E-state index contributed by atoms with van der Waals surface area (Å²) in [5, 5.41) is 16.1. The lowest BCUT2D eigenvalue weighted by atomic mass is 10.1. The molecular weight excluding hydrogens is 498 g/mol. The number of ether oxygens (including phenoxy) is 2. The van der Waals surface area contributed by atoms with Gasteiger partial charge in [-0.3, -0.25) is 20.5 Å². The Morgan fingerprint density at radius 2 is 1.78 bits per heavy atom. The number of anilines is 1. The Morgan fingerprint density at radius 3 is 2.35 bits per heavy atom. The maximum absolute atomic E-state index is 13.1. The minimum Gasteiger partial charge on any atom is -0.497 e. The van der Waals surface area contributed by atoms with E-state index >= 15 is 0 Å². The predicted molar refractivity (Wildman–Crippen MR) is 139 cm³/mol. The highest BCUT2D eigenvalue weighted by Gasteiger charge is 2.29. The van der Waals surface area contributed by atoms with Crippen molar-refractivity contribution in [3.05, 3.63) is 47.2 Å². The smallest absolute Gasteiger partial charge is 0.309 e. The van der Waals surface area contributed by atoms with Crippen LogP contribution in [-0.2, 0) is 26.1 Å². The number of nitrogens with two attached hydrogens (primary N) is 1. The molecule has 200 valence electrons. The van der Waals surface area contributed by atoms with E-state index in [0.717, 1.165) is 9.87 Å². The quantitative estimate of drug-likeness (QED) is 0.354. The Bertz CT molecular complexity index is 1270. The number of piperazine rings is 1. The van der Waals surface area contributed by atoms with Crippen molar-refractivity contribution in [3.63, 3.8) is 0 Å². The number of amides is 1. The number of rotatable bonds is 7. The number of methoxy groups -OCH3 is 1. The van der Waals surface area contributed by atoms with Crippen LogP contribution in [0.25, 0.3) is 0 Å². The molecule has 3 rings (SSSR count). The summed E-state index contributed by atoms with van der Waals surface area (Å²) in [4.78, 5) is 20.5. The molecule has 1 amide bonds. The minimum atomic E-state index is -3.96. The lowest BCUT2D eigenvalue weighted by molar-refractivity contribution is -0.127. The van der Waals surface area contributed by atoms with Crippen molar-refractivity contribution in [1.29, 1.82) is 10.8 Å². The number of likely N-dealkylation sites (N-methyl/N-ethyl adjacent to an activating group) is 1. The van der Waals surface area contributed by atoms with Crippen LogP contribution in [0.5, 0.6) is 5.75 Å². The number of nitrogen functional groups attached to an aromatic ring is 1. The lowest BCUT2D eigenvalue weighted by Gasteiger charge is -2.34. The Kier molecular flexibility index (Phi) is 8.84. The van der Waals surface area contributed by atoms with Gasteiger partial charge in [-0.2, -0.15) is 4.31 Å². The topological polar surface area (TPSA) is 166 Å². The number of carbonyl (C=O) groups excluding carboxylic acids is 1. The van der Waals surface area contributed by atoms with E-state index in [0.29, 0.717) is 55.4 Å². The molecule has 0 aliphatic carbocycles. The van der Waals surface area contributed by atoms with Crippen LogP contribution in [0.4, 0.5) is 5.82 Å². The molecule has 0 saturated carbocycles. The molecule has 4 N–H and O–H groups in total. The monoisotopic (exact) mass is 531 g/mol. The molecule has 1 aromatic heterocycles. The van der Waals surface area contributed by atoms with E-state index in [4.69, 9.17) is 26.0 Å². The number of nitrogens with one attached hydrogen (secondary N) is 2. The SMILES string of the molecule is COc1cc(C)c(S(=O)(=O)N(C)CC(=N)OC(=N)C(=O)N2CCN(Cc3cccnc3N)CC2)c(C)c1. The van der Waals surface area contributed by atoms with Gasteiger partial charge in [0.05, 0.1) is 18.6 Å². The summed E-state index contributed by atoms with van der Waals surface area (Å²) >= 11 is 0. The fraction of sp³-hybridized carbons (Fsp3) is 0.417. The molecule has 1 saturated heterocycles. The molecule has 0 spiro atoms. The van der Waals surface area contributed by atoms with E-state index in [9.17, 15) is 13.2 Å². The number of pyridine rings is 1. The summed E-state index contributed by atoms with van der Waals surface area (Å²) < 4.78 is 37.6. The van der Waals surface area contributed by atoms with Crippen molar-refractivity contribution in [3.8, 4) is 5.75 Å². The molecule has 0 bridgehead atoms. The molecular formula is C24H33N7O5S. The van der Waals surface area contributed by atoms with Gasteiger partial charge in [0.15, 0.2) is 0 Å². The van der Waals surface area contributed by atoms with Crippen molar-refractivity contribution in [2.45, 2.75) is 25.3 Å². The van der Waals surface area contributed by atoms with E-state index in [2.05, 4.69) is 9.88 Å².